The molecule has 5 nitrogen and oxygen atoms in total. The third-order valence-corrected chi connectivity index (χ3v) is 6.63. The van der Waals surface area contributed by atoms with Crippen LogP contribution in [0.25, 0.3) is 11.0 Å². The van der Waals surface area contributed by atoms with Crippen LogP contribution in [0.15, 0.2) is 81.3 Å². The predicted molar refractivity (Wildman–Crippen MR) is 114 cm³/mol. The topological polar surface area (TPSA) is 56.9 Å². The van der Waals surface area contributed by atoms with Crippen LogP contribution in [0.5, 0.6) is 0 Å². The van der Waals surface area contributed by atoms with Crippen LogP contribution in [0.2, 0.25) is 0 Å². The molecule has 3 heterocycles. The van der Waals surface area contributed by atoms with Crippen LogP contribution in [-0.2, 0) is 4.79 Å². The van der Waals surface area contributed by atoms with Crippen molar-refractivity contribution in [2.75, 3.05) is 32.8 Å². The summed E-state index contributed by atoms with van der Waals surface area (Å²) in [5, 5.41) is 10.9. The fourth-order valence-corrected chi connectivity index (χ4v) is 5.20. The number of carbonyl (C=O) groups excluding carboxylic acids is 1. The number of carbonyl (C=O) groups is 1. The van der Waals surface area contributed by atoms with E-state index in [1.54, 1.807) is 18.2 Å². The summed E-state index contributed by atoms with van der Waals surface area (Å²) < 4.78 is 7.75. The van der Waals surface area contributed by atoms with Crippen molar-refractivity contribution in [1.82, 2.24) is 9.21 Å². The van der Waals surface area contributed by atoms with Gasteiger partial charge in [0.25, 0.3) is 0 Å². The van der Waals surface area contributed by atoms with Crippen LogP contribution in [-0.4, -0.2) is 53.0 Å². The molecular formula is C23H22N2O3S. The maximum atomic E-state index is 13.0. The Labute approximate surface area is 173 Å². The summed E-state index contributed by atoms with van der Waals surface area (Å²) in [7, 11) is 0. The van der Waals surface area contributed by atoms with Crippen molar-refractivity contribution >= 4 is 28.8 Å². The number of benzene rings is 2. The number of amides is 1. The first-order chi connectivity index (χ1) is 14.2. The highest BCUT2D eigenvalue weighted by Crippen LogP contribution is 2.35. The van der Waals surface area contributed by atoms with E-state index in [0.29, 0.717) is 13.1 Å². The molecule has 29 heavy (non-hydrogen) atoms. The molecule has 1 aromatic heterocycles. The standard InChI is InChI=1S/C23H22N2O3S/c26-15-21(16-4-2-1-3-5-16)23(27)24-11-18-13-25(14-19(18)12-24)29-20-6-7-22-17(10-20)8-9-28-22/h1-10,21,26H,11-15H2. The van der Waals surface area contributed by atoms with Gasteiger partial charge in [-0.25, -0.2) is 4.31 Å². The molecule has 0 aliphatic carbocycles. The lowest BCUT2D eigenvalue weighted by atomic mass is 9.98. The molecule has 1 atom stereocenters. The van der Waals surface area contributed by atoms with E-state index in [0.717, 1.165) is 29.6 Å². The van der Waals surface area contributed by atoms with E-state index in [1.807, 2.05) is 47.4 Å². The largest absolute Gasteiger partial charge is 0.464 e. The van der Waals surface area contributed by atoms with Gasteiger partial charge in [-0.05, 0) is 52.9 Å². The average Bonchev–Trinajstić information content (AvgIpc) is 3.43. The van der Waals surface area contributed by atoms with Gasteiger partial charge in [0, 0.05) is 36.5 Å². The first kappa shape index (κ1) is 18.5. The van der Waals surface area contributed by atoms with Crippen molar-refractivity contribution in [3.05, 3.63) is 77.6 Å². The molecule has 1 unspecified atom stereocenters. The second-order valence-electron chi connectivity index (χ2n) is 7.56. The second-order valence-corrected chi connectivity index (χ2v) is 8.73. The quantitative estimate of drug-likeness (QED) is 0.518. The van der Waals surface area contributed by atoms with Gasteiger partial charge in [0.05, 0.1) is 18.8 Å². The number of aliphatic hydroxyl groups is 1. The summed E-state index contributed by atoms with van der Waals surface area (Å²) in [6.07, 6.45) is 1.71. The molecule has 0 radical (unpaired) electrons. The zero-order valence-corrected chi connectivity index (χ0v) is 16.8. The summed E-state index contributed by atoms with van der Waals surface area (Å²) in [6, 6.07) is 17.8. The van der Waals surface area contributed by atoms with Crippen molar-refractivity contribution in [3.63, 3.8) is 0 Å². The predicted octanol–water partition coefficient (Wildman–Crippen LogP) is 3.67. The highest BCUT2D eigenvalue weighted by atomic mass is 32.2. The summed E-state index contributed by atoms with van der Waals surface area (Å²) in [5.41, 5.74) is 4.45. The van der Waals surface area contributed by atoms with Gasteiger partial charge in [-0.2, -0.15) is 0 Å². The zero-order valence-electron chi connectivity index (χ0n) is 16.0. The van der Waals surface area contributed by atoms with Crippen LogP contribution in [0.3, 0.4) is 0 Å². The third kappa shape index (κ3) is 3.59. The van der Waals surface area contributed by atoms with Gasteiger partial charge < -0.3 is 14.4 Å². The Morgan fingerprint density at radius 3 is 2.52 bits per heavy atom. The van der Waals surface area contributed by atoms with Crippen molar-refractivity contribution in [2.24, 2.45) is 0 Å². The minimum absolute atomic E-state index is 0.0118. The van der Waals surface area contributed by atoms with E-state index < -0.39 is 5.92 Å². The molecule has 0 bridgehead atoms. The molecule has 2 aliphatic heterocycles. The first-order valence-electron chi connectivity index (χ1n) is 9.76. The lowest BCUT2D eigenvalue weighted by Gasteiger charge is -2.25. The van der Waals surface area contributed by atoms with E-state index in [2.05, 4.69) is 16.4 Å². The number of nitrogens with zero attached hydrogens (tertiary/aromatic N) is 2. The van der Waals surface area contributed by atoms with E-state index in [9.17, 15) is 9.90 Å². The van der Waals surface area contributed by atoms with Crippen LogP contribution < -0.4 is 0 Å². The van der Waals surface area contributed by atoms with Crippen molar-refractivity contribution in [2.45, 2.75) is 10.8 Å². The Hall–Kier alpha value is -2.54. The van der Waals surface area contributed by atoms with Gasteiger partial charge >= 0.3 is 0 Å². The average molecular weight is 407 g/mol. The number of aliphatic hydroxyl groups excluding tert-OH is 1. The molecule has 2 aromatic carbocycles. The minimum atomic E-state index is -0.483. The molecule has 2 aliphatic rings. The Kier molecular flexibility index (Phi) is 4.91. The molecule has 1 amide bonds. The Morgan fingerprint density at radius 1 is 1.03 bits per heavy atom. The van der Waals surface area contributed by atoms with Crippen molar-refractivity contribution in [3.8, 4) is 0 Å². The smallest absolute Gasteiger partial charge is 0.233 e. The monoisotopic (exact) mass is 406 g/mol. The van der Waals surface area contributed by atoms with Gasteiger partial charge in [0.1, 0.15) is 5.58 Å². The number of furan rings is 1. The van der Waals surface area contributed by atoms with E-state index in [1.165, 1.54) is 16.0 Å². The first-order valence-corrected chi connectivity index (χ1v) is 10.5. The van der Waals surface area contributed by atoms with Crippen LogP contribution in [0, 0.1) is 0 Å². The minimum Gasteiger partial charge on any atom is -0.464 e. The summed E-state index contributed by atoms with van der Waals surface area (Å²) in [6.45, 7) is 2.89. The molecule has 1 N–H and O–H groups in total. The molecule has 0 fully saturated rings. The maximum Gasteiger partial charge on any atom is 0.233 e. The van der Waals surface area contributed by atoms with E-state index in [-0.39, 0.29) is 12.5 Å². The van der Waals surface area contributed by atoms with Crippen LogP contribution >= 0.6 is 11.9 Å². The zero-order chi connectivity index (χ0) is 19.8. The molecular weight excluding hydrogens is 384 g/mol. The fourth-order valence-electron chi connectivity index (χ4n) is 4.15. The third-order valence-electron chi connectivity index (χ3n) is 5.65. The molecule has 0 saturated heterocycles. The number of rotatable bonds is 5. The fraction of sp³-hybridized carbons (Fsp3) is 0.261. The normalized spacial score (nSPS) is 17.9. The Morgan fingerprint density at radius 2 is 1.79 bits per heavy atom. The molecule has 148 valence electrons. The van der Waals surface area contributed by atoms with Crippen molar-refractivity contribution in [1.29, 1.82) is 0 Å². The van der Waals surface area contributed by atoms with Crippen molar-refractivity contribution < 1.29 is 14.3 Å². The van der Waals surface area contributed by atoms with Gasteiger partial charge in [0.15, 0.2) is 0 Å². The van der Waals surface area contributed by atoms with E-state index >= 15 is 0 Å². The lowest BCUT2D eigenvalue weighted by Crippen LogP contribution is -2.37. The molecule has 0 spiro atoms. The highest BCUT2D eigenvalue weighted by molar-refractivity contribution is 7.97. The molecule has 5 rings (SSSR count). The molecule has 0 saturated carbocycles. The van der Waals surface area contributed by atoms with Crippen LogP contribution in [0.4, 0.5) is 0 Å². The lowest BCUT2D eigenvalue weighted by molar-refractivity contribution is -0.132. The number of fused-ring (bicyclic) bond motifs is 1. The van der Waals surface area contributed by atoms with Gasteiger partial charge in [0.2, 0.25) is 5.91 Å². The second kappa shape index (κ2) is 7.71. The van der Waals surface area contributed by atoms with Gasteiger partial charge in [-0.15, -0.1) is 0 Å². The number of hydrogen-bond donors (Lipinski definition) is 1. The van der Waals surface area contributed by atoms with Gasteiger partial charge in [-0.3, -0.25) is 4.79 Å². The highest BCUT2D eigenvalue weighted by Gasteiger charge is 2.35. The number of hydrogen-bond acceptors (Lipinski definition) is 5. The summed E-state index contributed by atoms with van der Waals surface area (Å²) in [5.74, 6) is -0.471. The van der Waals surface area contributed by atoms with Crippen LogP contribution in [0.1, 0.15) is 11.5 Å². The molecule has 6 heteroatoms. The summed E-state index contributed by atoms with van der Waals surface area (Å²) >= 11 is 1.75. The maximum absolute atomic E-state index is 13.0. The SMILES string of the molecule is O=C(C(CO)c1ccccc1)N1CC2=C(CN(Sc3ccc4occc4c3)C2)C1. The Balaban J connectivity index is 1.21. The molecule has 3 aromatic rings. The Bertz CT molecular complexity index is 1060. The van der Waals surface area contributed by atoms with E-state index in [4.69, 9.17) is 4.42 Å². The van der Waals surface area contributed by atoms with Gasteiger partial charge in [-0.1, -0.05) is 30.3 Å². The summed E-state index contributed by atoms with van der Waals surface area (Å²) in [4.78, 5) is 16.1.